The molecule has 0 amide bonds. The number of phenols is 3. The van der Waals surface area contributed by atoms with E-state index in [2.05, 4.69) is 0 Å². The third kappa shape index (κ3) is 3.33. The predicted molar refractivity (Wildman–Crippen MR) is 103 cm³/mol. The van der Waals surface area contributed by atoms with Crippen LogP contribution in [0.4, 0.5) is 0 Å². The topological polar surface area (TPSA) is 100 Å². The smallest absolute Gasteiger partial charge is 0.204 e. The fraction of sp³-hybridized carbons (Fsp3) is 0.190. The third-order valence-electron chi connectivity index (χ3n) is 4.11. The fourth-order valence-corrected chi connectivity index (χ4v) is 2.78. The molecule has 0 aliphatic carbocycles. The lowest BCUT2D eigenvalue weighted by atomic mass is 10.0. The van der Waals surface area contributed by atoms with Gasteiger partial charge in [-0.3, -0.25) is 4.79 Å². The number of phenolic OH excluding ortho intramolecular Hbond substituents is 3. The second kappa shape index (κ2) is 7.07. The van der Waals surface area contributed by atoms with Gasteiger partial charge in [-0.05, 0) is 30.2 Å². The molecule has 6 nitrogen and oxygen atoms in total. The van der Waals surface area contributed by atoms with Gasteiger partial charge in [0.05, 0.1) is 12.7 Å². The van der Waals surface area contributed by atoms with Crippen LogP contribution in [0.3, 0.4) is 0 Å². The number of allylic oxidation sites excluding steroid dienone is 1. The monoisotopic (exact) mass is 368 g/mol. The number of methoxy groups -OCH3 is 1. The molecule has 0 radical (unpaired) electrons. The summed E-state index contributed by atoms with van der Waals surface area (Å²) in [5, 5.41) is 29.9. The van der Waals surface area contributed by atoms with E-state index in [0.29, 0.717) is 5.56 Å². The van der Waals surface area contributed by atoms with Gasteiger partial charge in [0.2, 0.25) is 11.2 Å². The summed E-state index contributed by atoms with van der Waals surface area (Å²) < 4.78 is 10.9. The quantitative estimate of drug-likeness (QED) is 0.636. The molecule has 140 valence electrons. The summed E-state index contributed by atoms with van der Waals surface area (Å²) in [5.41, 5.74) is 0.405. The van der Waals surface area contributed by atoms with Crippen molar-refractivity contribution in [2.45, 2.75) is 13.8 Å². The molecule has 3 rings (SSSR count). The molecular weight excluding hydrogens is 348 g/mol. The van der Waals surface area contributed by atoms with Gasteiger partial charge in [0.1, 0.15) is 22.5 Å². The Kier molecular flexibility index (Phi) is 4.81. The number of ether oxygens (including phenoxy) is 1. The molecule has 6 heteroatoms. The standard InChI is InChI=1S/C21H20O6/c1-11(2)4-9-14-18(24)17-16(10-15(23)21(26-3)19(17)25)27-20(14)12-5-7-13(22)8-6-12/h4-11,22-23,25H,1-3H3/b9-4+. The van der Waals surface area contributed by atoms with Crippen molar-refractivity contribution in [2.75, 3.05) is 7.11 Å². The summed E-state index contributed by atoms with van der Waals surface area (Å²) in [5.74, 6) is -0.457. The van der Waals surface area contributed by atoms with E-state index in [-0.39, 0.29) is 45.5 Å². The maximum absolute atomic E-state index is 13.1. The van der Waals surface area contributed by atoms with Crippen molar-refractivity contribution in [1.29, 1.82) is 0 Å². The van der Waals surface area contributed by atoms with Crippen molar-refractivity contribution in [1.82, 2.24) is 0 Å². The van der Waals surface area contributed by atoms with Crippen LogP contribution >= 0.6 is 0 Å². The van der Waals surface area contributed by atoms with Gasteiger partial charge in [-0.2, -0.15) is 0 Å². The van der Waals surface area contributed by atoms with Crippen LogP contribution in [-0.2, 0) is 0 Å². The Morgan fingerprint density at radius 1 is 1.11 bits per heavy atom. The maximum atomic E-state index is 13.1. The molecular formula is C21H20O6. The first-order valence-electron chi connectivity index (χ1n) is 8.40. The van der Waals surface area contributed by atoms with E-state index in [1.165, 1.54) is 25.3 Å². The van der Waals surface area contributed by atoms with Gasteiger partial charge in [-0.15, -0.1) is 0 Å². The van der Waals surface area contributed by atoms with Crippen LogP contribution in [0.25, 0.3) is 28.4 Å². The molecule has 0 fully saturated rings. The van der Waals surface area contributed by atoms with Gasteiger partial charge in [-0.25, -0.2) is 0 Å². The predicted octanol–water partition coefficient (Wildman–Crippen LogP) is 4.25. The Morgan fingerprint density at radius 3 is 2.37 bits per heavy atom. The normalized spacial score (nSPS) is 11.6. The SMILES string of the molecule is COc1c(O)cc2oc(-c3ccc(O)cc3)c(/C=C/C(C)C)c(=O)c2c1O. The second-order valence-electron chi connectivity index (χ2n) is 6.47. The minimum Gasteiger partial charge on any atom is -0.508 e. The van der Waals surface area contributed by atoms with Gasteiger partial charge in [0.15, 0.2) is 11.5 Å². The molecule has 2 aromatic carbocycles. The molecule has 0 unspecified atom stereocenters. The number of rotatable bonds is 4. The van der Waals surface area contributed by atoms with E-state index in [0.717, 1.165) is 0 Å². The van der Waals surface area contributed by atoms with Crippen molar-refractivity contribution in [2.24, 2.45) is 5.92 Å². The molecule has 27 heavy (non-hydrogen) atoms. The van der Waals surface area contributed by atoms with Crippen LogP contribution in [0, 0.1) is 5.92 Å². The molecule has 1 heterocycles. The van der Waals surface area contributed by atoms with Crippen molar-refractivity contribution in [3.8, 4) is 34.3 Å². The van der Waals surface area contributed by atoms with Gasteiger partial charge in [-0.1, -0.05) is 26.0 Å². The molecule has 0 atom stereocenters. The first-order valence-corrected chi connectivity index (χ1v) is 8.40. The van der Waals surface area contributed by atoms with E-state index in [4.69, 9.17) is 9.15 Å². The van der Waals surface area contributed by atoms with Crippen LogP contribution in [-0.4, -0.2) is 22.4 Å². The Hall–Kier alpha value is -3.41. The summed E-state index contributed by atoms with van der Waals surface area (Å²) in [4.78, 5) is 13.1. The van der Waals surface area contributed by atoms with Crippen LogP contribution in [0.5, 0.6) is 23.0 Å². The number of hydrogen-bond acceptors (Lipinski definition) is 6. The lowest BCUT2D eigenvalue weighted by molar-refractivity contribution is 0.346. The second-order valence-corrected chi connectivity index (χ2v) is 6.47. The van der Waals surface area contributed by atoms with Crippen molar-refractivity contribution < 1.29 is 24.5 Å². The average Bonchev–Trinajstić information content (AvgIpc) is 2.61. The highest BCUT2D eigenvalue weighted by atomic mass is 16.5. The van der Waals surface area contributed by atoms with E-state index in [1.807, 2.05) is 19.9 Å². The highest BCUT2D eigenvalue weighted by Gasteiger charge is 2.22. The maximum Gasteiger partial charge on any atom is 0.204 e. The third-order valence-corrected chi connectivity index (χ3v) is 4.11. The number of aromatic hydroxyl groups is 3. The molecule has 0 aliphatic heterocycles. The van der Waals surface area contributed by atoms with E-state index < -0.39 is 11.2 Å². The molecule has 3 aromatic rings. The molecule has 0 spiro atoms. The minimum atomic E-state index is -0.474. The Morgan fingerprint density at radius 2 is 1.78 bits per heavy atom. The summed E-state index contributed by atoms with van der Waals surface area (Å²) >= 11 is 0. The van der Waals surface area contributed by atoms with Crippen molar-refractivity contribution in [3.05, 3.63) is 52.2 Å². The first-order chi connectivity index (χ1) is 12.8. The van der Waals surface area contributed by atoms with Crippen LogP contribution < -0.4 is 10.2 Å². The summed E-state index contributed by atoms with van der Waals surface area (Å²) in [6, 6.07) is 7.44. The van der Waals surface area contributed by atoms with Gasteiger partial charge >= 0.3 is 0 Å². The summed E-state index contributed by atoms with van der Waals surface area (Å²) in [6.07, 6.45) is 3.49. The zero-order valence-corrected chi connectivity index (χ0v) is 15.2. The zero-order chi connectivity index (χ0) is 19.7. The van der Waals surface area contributed by atoms with Crippen LogP contribution in [0.1, 0.15) is 19.4 Å². The van der Waals surface area contributed by atoms with Gasteiger partial charge < -0.3 is 24.5 Å². The van der Waals surface area contributed by atoms with E-state index in [9.17, 15) is 20.1 Å². The van der Waals surface area contributed by atoms with Crippen LogP contribution in [0.15, 0.2) is 45.6 Å². The molecule has 0 saturated carbocycles. The molecule has 0 bridgehead atoms. The minimum absolute atomic E-state index is 0.0283. The van der Waals surface area contributed by atoms with E-state index in [1.54, 1.807) is 18.2 Å². The molecule has 0 aliphatic rings. The van der Waals surface area contributed by atoms with E-state index >= 15 is 0 Å². The Labute approximate surface area is 155 Å². The lowest BCUT2D eigenvalue weighted by Gasteiger charge is -2.12. The van der Waals surface area contributed by atoms with Gasteiger partial charge in [0, 0.05) is 11.6 Å². The van der Waals surface area contributed by atoms with Crippen molar-refractivity contribution >= 4 is 17.0 Å². The molecule has 1 aromatic heterocycles. The highest BCUT2D eigenvalue weighted by Crippen LogP contribution is 2.42. The zero-order valence-electron chi connectivity index (χ0n) is 15.2. The van der Waals surface area contributed by atoms with Crippen LogP contribution in [0.2, 0.25) is 0 Å². The number of fused-ring (bicyclic) bond motifs is 1. The Balaban J connectivity index is 2.41. The van der Waals surface area contributed by atoms with Crippen molar-refractivity contribution in [3.63, 3.8) is 0 Å². The number of benzene rings is 2. The highest BCUT2D eigenvalue weighted by molar-refractivity contribution is 5.92. The summed E-state index contributed by atoms with van der Waals surface area (Å²) in [7, 11) is 1.28. The van der Waals surface area contributed by atoms with Gasteiger partial charge in [0.25, 0.3) is 0 Å². The lowest BCUT2D eigenvalue weighted by Crippen LogP contribution is -2.08. The summed E-state index contributed by atoms with van der Waals surface area (Å²) in [6.45, 7) is 3.94. The first kappa shape index (κ1) is 18.4. The average molecular weight is 368 g/mol. The number of hydrogen-bond donors (Lipinski definition) is 3. The Bertz CT molecular complexity index is 1070. The molecule has 3 N–H and O–H groups in total. The fourth-order valence-electron chi connectivity index (χ4n) is 2.78. The molecule has 0 saturated heterocycles. The largest absolute Gasteiger partial charge is 0.508 e.